The summed E-state index contributed by atoms with van der Waals surface area (Å²) in [6, 6.07) is 1.99. The van der Waals surface area contributed by atoms with Crippen molar-refractivity contribution in [2.24, 2.45) is 5.41 Å². The highest BCUT2D eigenvalue weighted by atomic mass is 32.1. The summed E-state index contributed by atoms with van der Waals surface area (Å²) in [6.07, 6.45) is 2.30. The van der Waals surface area contributed by atoms with Crippen molar-refractivity contribution in [3.63, 3.8) is 0 Å². The van der Waals surface area contributed by atoms with Crippen LogP contribution in [0.25, 0.3) is 0 Å². The van der Waals surface area contributed by atoms with Gasteiger partial charge in [-0.1, -0.05) is 20.8 Å². The summed E-state index contributed by atoms with van der Waals surface area (Å²) in [5, 5.41) is 1.91. The molecular weight excluding hydrogens is 248 g/mol. The maximum Gasteiger partial charge on any atom is 0.349 e. The first-order valence-electron chi connectivity index (χ1n) is 6.17. The first kappa shape index (κ1) is 13.3. The van der Waals surface area contributed by atoms with Gasteiger partial charge in [0.05, 0.1) is 0 Å². The minimum atomic E-state index is -0.463. The first-order chi connectivity index (χ1) is 8.39. The molecule has 1 heterocycles. The molecule has 0 radical (unpaired) electrons. The summed E-state index contributed by atoms with van der Waals surface area (Å²) >= 11 is 1.40. The minimum absolute atomic E-state index is 0.0552. The highest BCUT2D eigenvalue weighted by Gasteiger charge is 2.30. The molecule has 0 spiro atoms. The number of carbonyl (C=O) groups excluding carboxylic acids is 2. The third-order valence-corrected chi connectivity index (χ3v) is 3.98. The highest BCUT2D eigenvalue weighted by Crippen LogP contribution is 2.43. The van der Waals surface area contributed by atoms with Crippen molar-refractivity contribution < 1.29 is 14.3 Å². The summed E-state index contributed by atoms with van der Waals surface area (Å²) in [7, 11) is 0. The van der Waals surface area contributed by atoms with E-state index in [0.717, 1.165) is 18.4 Å². The molecule has 1 aliphatic rings. The number of rotatable bonds is 4. The van der Waals surface area contributed by atoms with Gasteiger partial charge in [0.2, 0.25) is 0 Å². The molecule has 98 valence electrons. The molecule has 0 N–H and O–H groups in total. The van der Waals surface area contributed by atoms with Crippen molar-refractivity contribution in [3.05, 3.63) is 21.9 Å². The second kappa shape index (κ2) is 4.84. The number of ether oxygens (including phenoxy) is 1. The van der Waals surface area contributed by atoms with Crippen LogP contribution in [0.15, 0.2) is 11.4 Å². The fourth-order valence-electron chi connectivity index (χ4n) is 1.61. The van der Waals surface area contributed by atoms with Crippen LogP contribution in [-0.2, 0) is 9.53 Å². The van der Waals surface area contributed by atoms with Gasteiger partial charge >= 0.3 is 5.97 Å². The number of thiophene rings is 1. The van der Waals surface area contributed by atoms with Crippen molar-refractivity contribution in [2.45, 2.75) is 39.5 Å². The molecule has 1 aromatic rings. The van der Waals surface area contributed by atoms with Gasteiger partial charge in [-0.2, -0.15) is 0 Å². The highest BCUT2D eigenvalue weighted by molar-refractivity contribution is 7.12. The van der Waals surface area contributed by atoms with Crippen LogP contribution in [-0.4, -0.2) is 18.4 Å². The molecule has 2 rings (SSSR count). The molecule has 1 aromatic heterocycles. The van der Waals surface area contributed by atoms with E-state index in [1.54, 1.807) is 0 Å². The maximum absolute atomic E-state index is 11.9. The van der Waals surface area contributed by atoms with E-state index in [9.17, 15) is 9.59 Å². The van der Waals surface area contributed by atoms with E-state index < -0.39 is 5.41 Å². The van der Waals surface area contributed by atoms with Crippen LogP contribution in [0.2, 0.25) is 0 Å². The molecule has 4 heteroatoms. The van der Waals surface area contributed by atoms with Gasteiger partial charge in [-0.15, -0.1) is 11.3 Å². The summed E-state index contributed by atoms with van der Waals surface area (Å²) in [5.41, 5.74) is 0.628. The Balaban J connectivity index is 1.96. The smallest absolute Gasteiger partial charge is 0.349 e. The molecule has 0 bridgehead atoms. The Hall–Kier alpha value is -1.16. The fraction of sp³-hybridized carbons (Fsp3) is 0.571. The molecule has 1 saturated carbocycles. The molecule has 0 aromatic carbocycles. The van der Waals surface area contributed by atoms with Crippen LogP contribution in [0.3, 0.4) is 0 Å². The lowest BCUT2D eigenvalue weighted by molar-refractivity contribution is -0.129. The Morgan fingerprint density at radius 1 is 1.39 bits per heavy atom. The quantitative estimate of drug-likeness (QED) is 0.784. The molecule has 0 atom stereocenters. The van der Waals surface area contributed by atoms with Crippen LogP contribution in [0.4, 0.5) is 0 Å². The SMILES string of the molecule is CC(C)(C)C(=O)COC(=O)c1sccc1C1CC1. The third kappa shape index (κ3) is 2.99. The molecule has 0 saturated heterocycles. The summed E-state index contributed by atoms with van der Waals surface area (Å²) < 4.78 is 5.12. The normalized spacial score (nSPS) is 15.5. The predicted octanol–water partition coefficient (Wildman–Crippen LogP) is 3.40. The lowest BCUT2D eigenvalue weighted by Gasteiger charge is -2.16. The minimum Gasteiger partial charge on any atom is -0.453 e. The number of hydrogen-bond donors (Lipinski definition) is 0. The lowest BCUT2D eigenvalue weighted by atomic mass is 9.91. The zero-order valence-corrected chi connectivity index (χ0v) is 11.8. The van der Waals surface area contributed by atoms with E-state index in [4.69, 9.17) is 4.74 Å². The van der Waals surface area contributed by atoms with Crippen molar-refractivity contribution >= 4 is 23.1 Å². The first-order valence-corrected chi connectivity index (χ1v) is 7.05. The average molecular weight is 266 g/mol. The number of hydrogen-bond acceptors (Lipinski definition) is 4. The Bertz CT molecular complexity index is 464. The van der Waals surface area contributed by atoms with E-state index in [-0.39, 0.29) is 18.4 Å². The second-order valence-corrected chi connectivity index (χ2v) is 6.64. The van der Waals surface area contributed by atoms with Gasteiger partial charge in [0.1, 0.15) is 4.88 Å². The molecule has 1 fully saturated rings. The zero-order valence-electron chi connectivity index (χ0n) is 11.0. The molecule has 0 aliphatic heterocycles. The lowest BCUT2D eigenvalue weighted by Crippen LogP contribution is -2.26. The molecule has 1 aliphatic carbocycles. The van der Waals surface area contributed by atoms with E-state index in [1.807, 2.05) is 32.2 Å². The van der Waals surface area contributed by atoms with Crippen LogP contribution in [0, 0.1) is 5.41 Å². The van der Waals surface area contributed by atoms with Crippen molar-refractivity contribution in [1.82, 2.24) is 0 Å². The molecule has 18 heavy (non-hydrogen) atoms. The molecule has 3 nitrogen and oxygen atoms in total. The van der Waals surface area contributed by atoms with Gasteiger partial charge in [-0.25, -0.2) is 4.79 Å². The third-order valence-electron chi connectivity index (χ3n) is 3.07. The number of carbonyl (C=O) groups is 2. The zero-order chi connectivity index (χ0) is 13.3. The molecule has 0 unspecified atom stereocenters. The van der Waals surface area contributed by atoms with E-state index >= 15 is 0 Å². The summed E-state index contributed by atoms with van der Waals surface area (Å²) in [6.45, 7) is 5.34. The van der Waals surface area contributed by atoms with Gasteiger partial charge < -0.3 is 4.74 Å². The summed E-state index contributed by atoms with van der Waals surface area (Å²) in [5.74, 6) is 0.113. The predicted molar refractivity (Wildman–Crippen MR) is 71.0 cm³/mol. The van der Waals surface area contributed by atoms with Gasteiger partial charge in [0.15, 0.2) is 12.4 Å². The van der Waals surface area contributed by atoms with Gasteiger partial charge in [-0.3, -0.25) is 4.79 Å². The van der Waals surface area contributed by atoms with Crippen LogP contribution < -0.4 is 0 Å². The van der Waals surface area contributed by atoms with E-state index in [0.29, 0.717) is 10.8 Å². The molecule has 0 amide bonds. The van der Waals surface area contributed by atoms with Crippen molar-refractivity contribution in [3.8, 4) is 0 Å². The van der Waals surface area contributed by atoms with Crippen LogP contribution in [0.1, 0.15) is 54.8 Å². The average Bonchev–Trinajstić information content (AvgIpc) is 3.02. The number of esters is 1. The number of Topliss-reactive ketones (excluding diaryl/α,β-unsaturated/α-hetero) is 1. The topological polar surface area (TPSA) is 43.4 Å². The Labute approximate surface area is 111 Å². The standard InChI is InChI=1S/C14H18O3S/c1-14(2,3)11(15)8-17-13(16)12-10(6-7-18-12)9-4-5-9/h6-7,9H,4-5,8H2,1-3H3. The maximum atomic E-state index is 11.9. The van der Waals surface area contributed by atoms with Crippen molar-refractivity contribution in [1.29, 1.82) is 0 Å². The largest absolute Gasteiger partial charge is 0.453 e. The molecular formula is C14H18O3S. The van der Waals surface area contributed by atoms with E-state index in [2.05, 4.69) is 0 Å². The Morgan fingerprint density at radius 2 is 2.06 bits per heavy atom. The van der Waals surface area contributed by atoms with Crippen LogP contribution >= 0.6 is 11.3 Å². The van der Waals surface area contributed by atoms with Crippen LogP contribution in [0.5, 0.6) is 0 Å². The van der Waals surface area contributed by atoms with Gasteiger partial charge in [0.25, 0.3) is 0 Å². The second-order valence-electron chi connectivity index (χ2n) is 5.73. The Morgan fingerprint density at radius 3 is 2.61 bits per heavy atom. The monoisotopic (exact) mass is 266 g/mol. The van der Waals surface area contributed by atoms with Gasteiger partial charge in [-0.05, 0) is 35.8 Å². The summed E-state index contributed by atoms with van der Waals surface area (Å²) in [4.78, 5) is 24.3. The fourth-order valence-corrected chi connectivity index (χ4v) is 2.49. The number of ketones is 1. The Kier molecular flexibility index (Phi) is 3.57. The van der Waals surface area contributed by atoms with Crippen molar-refractivity contribution in [2.75, 3.05) is 6.61 Å². The van der Waals surface area contributed by atoms with Gasteiger partial charge in [0, 0.05) is 5.41 Å². The van der Waals surface area contributed by atoms with E-state index in [1.165, 1.54) is 11.3 Å².